The first-order chi connectivity index (χ1) is 9.08. The van der Waals surface area contributed by atoms with E-state index in [2.05, 4.69) is 5.32 Å². The molecule has 2 aromatic rings. The first kappa shape index (κ1) is 13.3. The molecule has 2 rings (SSSR count). The average Bonchev–Trinajstić information content (AvgIpc) is 2.92. The Balaban J connectivity index is 2.10. The quantitative estimate of drug-likeness (QED) is 0.901. The van der Waals surface area contributed by atoms with E-state index in [1.165, 1.54) is 6.92 Å². The zero-order chi connectivity index (χ0) is 13.8. The van der Waals surface area contributed by atoms with Crippen LogP contribution >= 0.6 is 11.3 Å². The smallest absolute Gasteiger partial charge is 0.325 e. The van der Waals surface area contributed by atoms with Crippen LogP contribution in [0.3, 0.4) is 0 Å². The van der Waals surface area contributed by atoms with Crippen LogP contribution in [0.5, 0.6) is 0 Å². The molecule has 0 aliphatic carbocycles. The molecule has 0 aliphatic rings. The third-order valence-corrected chi connectivity index (χ3v) is 3.59. The van der Waals surface area contributed by atoms with Gasteiger partial charge in [-0.15, -0.1) is 11.3 Å². The van der Waals surface area contributed by atoms with E-state index < -0.39 is 12.0 Å². The summed E-state index contributed by atoms with van der Waals surface area (Å²) < 4.78 is 0. The zero-order valence-electron chi connectivity index (χ0n) is 10.3. The minimum absolute atomic E-state index is 0.382. The third kappa shape index (κ3) is 3.20. The molecule has 0 unspecified atom stereocenters. The van der Waals surface area contributed by atoms with Gasteiger partial charge in [0.1, 0.15) is 6.04 Å². The predicted molar refractivity (Wildman–Crippen MR) is 74.3 cm³/mol. The molecule has 1 aromatic carbocycles. The largest absolute Gasteiger partial charge is 0.480 e. The highest BCUT2D eigenvalue weighted by atomic mass is 32.1. The lowest BCUT2D eigenvalue weighted by Crippen LogP contribution is -2.38. The highest BCUT2D eigenvalue weighted by Crippen LogP contribution is 2.24. The van der Waals surface area contributed by atoms with Gasteiger partial charge in [-0.1, -0.05) is 18.2 Å². The minimum Gasteiger partial charge on any atom is -0.480 e. The van der Waals surface area contributed by atoms with Crippen molar-refractivity contribution in [1.29, 1.82) is 0 Å². The number of rotatable bonds is 4. The molecule has 1 heterocycles. The Morgan fingerprint density at radius 3 is 2.42 bits per heavy atom. The molecule has 0 saturated carbocycles. The van der Waals surface area contributed by atoms with Gasteiger partial charge < -0.3 is 10.4 Å². The van der Waals surface area contributed by atoms with E-state index in [0.29, 0.717) is 5.56 Å². The summed E-state index contributed by atoms with van der Waals surface area (Å²) in [7, 11) is 0. The van der Waals surface area contributed by atoms with Crippen LogP contribution in [0.4, 0.5) is 0 Å². The molecule has 4 nitrogen and oxygen atoms in total. The van der Waals surface area contributed by atoms with Crippen LogP contribution in [0.2, 0.25) is 0 Å². The van der Waals surface area contributed by atoms with E-state index >= 15 is 0 Å². The van der Waals surface area contributed by atoms with Crippen LogP contribution in [-0.2, 0) is 4.79 Å². The molecule has 0 fully saturated rings. The molecule has 0 aliphatic heterocycles. The number of hydrogen-bond donors (Lipinski definition) is 2. The van der Waals surface area contributed by atoms with Crippen molar-refractivity contribution in [2.75, 3.05) is 0 Å². The van der Waals surface area contributed by atoms with Crippen LogP contribution in [0.25, 0.3) is 10.4 Å². The van der Waals surface area contributed by atoms with Crippen molar-refractivity contribution in [3.63, 3.8) is 0 Å². The Labute approximate surface area is 114 Å². The van der Waals surface area contributed by atoms with Crippen molar-refractivity contribution in [3.05, 3.63) is 47.3 Å². The number of benzene rings is 1. The highest BCUT2D eigenvalue weighted by molar-refractivity contribution is 7.13. The normalized spacial score (nSPS) is 11.8. The number of carboxylic acids is 1. The van der Waals surface area contributed by atoms with Crippen LogP contribution in [0.15, 0.2) is 41.8 Å². The first-order valence-electron chi connectivity index (χ1n) is 5.75. The first-order valence-corrected chi connectivity index (χ1v) is 6.63. The van der Waals surface area contributed by atoms with Crippen molar-refractivity contribution >= 4 is 23.2 Å². The summed E-state index contributed by atoms with van der Waals surface area (Å²) in [5.74, 6) is -1.43. The minimum atomic E-state index is -1.05. The van der Waals surface area contributed by atoms with Crippen LogP contribution in [-0.4, -0.2) is 23.0 Å². The van der Waals surface area contributed by atoms with Crippen molar-refractivity contribution < 1.29 is 14.7 Å². The second-order valence-corrected chi connectivity index (χ2v) is 5.04. The monoisotopic (exact) mass is 275 g/mol. The number of amides is 1. The topological polar surface area (TPSA) is 66.4 Å². The zero-order valence-corrected chi connectivity index (χ0v) is 11.1. The van der Waals surface area contributed by atoms with E-state index in [0.717, 1.165) is 10.4 Å². The summed E-state index contributed by atoms with van der Waals surface area (Å²) in [5, 5.41) is 13.1. The van der Waals surface area contributed by atoms with Crippen LogP contribution in [0.1, 0.15) is 17.3 Å². The average molecular weight is 275 g/mol. The Hall–Kier alpha value is -2.14. The van der Waals surface area contributed by atoms with E-state index in [1.807, 2.05) is 29.6 Å². The Morgan fingerprint density at radius 1 is 1.21 bits per heavy atom. The number of carbonyl (C=O) groups is 2. The molecule has 0 bridgehead atoms. The lowest BCUT2D eigenvalue weighted by Gasteiger charge is -2.09. The van der Waals surface area contributed by atoms with Gasteiger partial charge in [0, 0.05) is 10.4 Å². The summed E-state index contributed by atoms with van der Waals surface area (Å²) in [6, 6.07) is 10.2. The number of carboxylic acid groups (broad SMARTS) is 1. The molecule has 1 atom stereocenters. The number of thiophene rings is 1. The van der Waals surface area contributed by atoms with Crippen molar-refractivity contribution in [1.82, 2.24) is 5.32 Å². The predicted octanol–water partition coefficient (Wildman–Crippen LogP) is 2.62. The van der Waals surface area contributed by atoms with E-state index in [-0.39, 0.29) is 5.91 Å². The Bertz CT molecular complexity index is 575. The number of hydrogen-bond acceptors (Lipinski definition) is 3. The molecule has 0 radical (unpaired) electrons. The van der Waals surface area contributed by atoms with Gasteiger partial charge in [0.15, 0.2) is 0 Å². The standard InChI is InChI=1S/C14H13NO3S/c1-9(14(17)18)15-13(16)11-6-4-10(5-7-11)12-3-2-8-19-12/h2-9H,1H3,(H,15,16)(H,17,18)/t9-/m0/s1. The van der Waals surface area contributed by atoms with Crippen LogP contribution < -0.4 is 5.32 Å². The molecule has 1 aromatic heterocycles. The molecule has 98 valence electrons. The fourth-order valence-corrected chi connectivity index (χ4v) is 2.30. The Kier molecular flexibility index (Phi) is 3.97. The molecular formula is C14H13NO3S. The maximum Gasteiger partial charge on any atom is 0.325 e. The lowest BCUT2D eigenvalue weighted by molar-refractivity contribution is -0.138. The van der Waals surface area contributed by atoms with Gasteiger partial charge >= 0.3 is 5.97 Å². The summed E-state index contributed by atoms with van der Waals surface area (Å²) in [4.78, 5) is 23.6. The summed E-state index contributed by atoms with van der Waals surface area (Å²) in [6.07, 6.45) is 0. The SMILES string of the molecule is C[C@H](NC(=O)c1ccc(-c2cccs2)cc1)C(=O)O. The number of nitrogens with one attached hydrogen (secondary N) is 1. The fraction of sp³-hybridized carbons (Fsp3) is 0.143. The van der Waals surface area contributed by atoms with Gasteiger partial charge in [-0.05, 0) is 36.1 Å². The molecule has 2 N–H and O–H groups in total. The fourth-order valence-electron chi connectivity index (χ4n) is 1.57. The van der Waals surface area contributed by atoms with Gasteiger partial charge in [0.2, 0.25) is 0 Å². The molecular weight excluding hydrogens is 262 g/mol. The number of aliphatic carboxylic acids is 1. The summed E-state index contributed by atoms with van der Waals surface area (Å²) >= 11 is 1.63. The van der Waals surface area contributed by atoms with Gasteiger partial charge in [0.25, 0.3) is 5.91 Å². The van der Waals surface area contributed by atoms with Gasteiger partial charge in [-0.2, -0.15) is 0 Å². The Morgan fingerprint density at radius 2 is 1.89 bits per heavy atom. The second-order valence-electron chi connectivity index (χ2n) is 4.09. The lowest BCUT2D eigenvalue weighted by atomic mass is 10.1. The highest BCUT2D eigenvalue weighted by Gasteiger charge is 2.15. The maximum absolute atomic E-state index is 11.8. The van der Waals surface area contributed by atoms with Gasteiger partial charge in [0.05, 0.1) is 0 Å². The molecule has 19 heavy (non-hydrogen) atoms. The van der Waals surface area contributed by atoms with Crippen molar-refractivity contribution in [2.45, 2.75) is 13.0 Å². The van der Waals surface area contributed by atoms with Gasteiger partial charge in [-0.25, -0.2) is 0 Å². The second kappa shape index (κ2) is 5.67. The molecule has 5 heteroatoms. The summed E-state index contributed by atoms with van der Waals surface area (Å²) in [5.41, 5.74) is 1.49. The molecule has 0 spiro atoms. The van der Waals surface area contributed by atoms with E-state index in [9.17, 15) is 9.59 Å². The molecule has 1 amide bonds. The van der Waals surface area contributed by atoms with Crippen molar-refractivity contribution in [3.8, 4) is 10.4 Å². The van der Waals surface area contributed by atoms with Crippen LogP contribution in [0, 0.1) is 0 Å². The van der Waals surface area contributed by atoms with Gasteiger partial charge in [-0.3, -0.25) is 9.59 Å². The molecule has 0 saturated heterocycles. The van der Waals surface area contributed by atoms with E-state index in [1.54, 1.807) is 23.5 Å². The third-order valence-electron chi connectivity index (χ3n) is 2.67. The van der Waals surface area contributed by atoms with E-state index in [4.69, 9.17) is 5.11 Å². The van der Waals surface area contributed by atoms with Crippen molar-refractivity contribution in [2.24, 2.45) is 0 Å². The maximum atomic E-state index is 11.8. The number of carbonyl (C=O) groups excluding carboxylic acids is 1. The summed E-state index contributed by atoms with van der Waals surface area (Å²) in [6.45, 7) is 1.43.